The van der Waals surface area contributed by atoms with Crippen molar-refractivity contribution in [3.8, 4) is 0 Å². The molecule has 4 nitrogen and oxygen atoms in total. The minimum Gasteiger partial charge on any atom is -0.466 e. The van der Waals surface area contributed by atoms with Gasteiger partial charge in [0.05, 0.1) is 18.6 Å². The summed E-state index contributed by atoms with van der Waals surface area (Å²) < 4.78 is 5.06. The van der Waals surface area contributed by atoms with Crippen LogP contribution in [0.25, 0.3) is 0 Å². The molecule has 1 aromatic rings. The van der Waals surface area contributed by atoms with Gasteiger partial charge in [-0.25, -0.2) is 0 Å². The maximum absolute atomic E-state index is 11.7. The van der Waals surface area contributed by atoms with Crippen molar-refractivity contribution in [3.05, 3.63) is 34.9 Å². The number of aliphatic hydroxyl groups is 1. The van der Waals surface area contributed by atoms with Crippen LogP contribution in [0.1, 0.15) is 31.4 Å². The van der Waals surface area contributed by atoms with Gasteiger partial charge in [0.15, 0.2) is 0 Å². The molecule has 1 N–H and O–H groups in total. The molecule has 1 saturated heterocycles. The third kappa shape index (κ3) is 4.43. The topological polar surface area (TPSA) is 49.8 Å². The molecule has 1 heterocycles. The van der Waals surface area contributed by atoms with E-state index in [2.05, 4.69) is 4.90 Å². The molecular weight excluding hydrogens is 290 g/mol. The largest absolute Gasteiger partial charge is 0.466 e. The van der Waals surface area contributed by atoms with E-state index in [0.717, 1.165) is 31.5 Å². The number of carbonyl (C=O) groups excluding carboxylic acids is 1. The number of likely N-dealkylation sites (tertiary alicyclic amines) is 1. The number of carbonyl (C=O) groups is 1. The molecule has 1 aromatic carbocycles. The summed E-state index contributed by atoms with van der Waals surface area (Å²) in [5.41, 5.74) is 0.756. The second kappa shape index (κ2) is 7.78. The van der Waals surface area contributed by atoms with Crippen molar-refractivity contribution in [2.45, 2.75) is 25.9 Å². The van der Waals surface area contributed by atoms with Crippen molar-refractivity contribution in [3.63, 3.8) is 0 Å². The number of hydrogen-bond donors (Lipinski definition) is 1. The van der Waals surface area contributed by atoms with Gasteiger partial charge in [-0.05, 0) is 38.9 Å². The Hall–Kier alpha value is -1.10. The molecule has 1 unspecified atom stereocenters. The number of esters is 1. The molecule has 116 valence electrons. The van der Waals surface area contributed by atoms with E-state index in [4.69, 9.17) is 16.3 Å². The number of halogens is 1. The van der Waals surface area contributed by atoms with E-state index in [1.165, 1.54) is 0 Å². The molecule has 1 fully saturated rings. The highest BCUT2D eigenvalue weighted by molar-refractivity contribution is 6.31. The van der Waals surface area contributed by atoms with E-state index in [9.17, 15) is 9.90 Å². The van der Waals surface area contributed by atoms with Crippen molar-refractivity contribution < 1.29 is 14.6 Å². The van der Waals surface area contributed by atoms with Crippen molar-refractivity contribution in [2.24, 2.45) is 5.92 Å². The van der Waals surface area contributed by atoms with Crippen molar-refractivity contribution >= 4 is 17.6 Å². The van der Waals surface area contributed by atoms with Crippen molar-refractivity contribution in [2.75, 3.05) is 26.2 Å². The van der Waals surface area contributed by atoms with Crippen LogP contribution in [-0.4, -0.2) is 42.2 Å². The summed E-state index contributed by atoms with van der Waals surface area (Å²) in [6.45, 7) is 4.40. The molecule has 0 bridgehead atoms. The van der Waals surface area contributed by atoms with E-state index in [1.54, 1.807) is 6.07 Å². The van der Waals surface area contributed by atoms with Crippen LogP contribution in [0, 0.1) is 5.92 Å². The van der Waals surface area contributed by atoms with Gasteiger partial charge in [0.1, 0.15) is 0 Å². The van der Waals surface area contributed by atoms with E-state index in [-0.39, 0.29) is 11.9 Å². The van der Waals surface area contributed by atoms with Gasteiger partial charge in [-0.2, -0.15) is 0 Å². The molecule has 2 rings (SSSR count). The van der Waals surface area contributed by atoms with Crippen LogP contribution in [0.5, 0.6) is 0 Å². The molecule has 5 heteroatoms. The lowest BCUT2D eigenvalue weighted by Gasteiger charge is -2.32. The fourth-order valence-electron chi connectivity index (χ4n) is 2.70. The first-order chi connectivity index (χ1) is 10.1. The van der Waals surface area contributed by atoms with Crippen LogP contribution in [0.2, 0.25) is 5.02 Å². The van der Waals surface area contributed by atoms with E-state index >= 15 is 0 Å². The van der Waals surface area contributed by atoms with Gasteiger partial charge in [-0.15, -0.1) is 0 Å². The first kappa shape index (κ1) is 16.3. The maximum Gasteiger partial charge on any atom is 0.309 e. The molecule has 0 amide bonds. The number of ether oxygens (including phenoxy) is 1. The summed E-state index contributed by atoms with van der Waals surface area (Å²) in [6, 6.07) is 7.35. The number of hydrogen-bond acceptors (Lipinski definition) is 4. The zero-order valence-corrected chi connectivity index (χ0v) is 13.1. The van der Waals surface area contributed by atoms with Gasteiger partial charge in [-0.3, -0.25) is 4.79 Å². The quantitative estimate of drug-likeness (QED) is 0.849. The maximum atomic E-state index is 11.7. The summed E-state index contributed by atoms with van der Waals surface area (Å²) in [5, 5.41) is 10.9. The fraction of sp³-hybridized carbons (Fsp3) is 0.562. The lowest BCUT2D eigenvalue weighted by molar-refractivity contribution is -0.149. The predicted octanol–water partition coefficient (Wildman–Crippen LogP) is 2.65. The fourth-order valence-corrected chi connectivity index (χ4v) is 2.96. The number of β-amino-alcohol motifs (C(OH)–C–C–N with tert-alkyl or cyclic N) is 1. The normalized spacial score (nSPS) is 18.4. The number of aliphatic hydroxyl groups excluding tert-OH is 1. The average molecular weight is 312 g/mol. The van der Waals surface area contributed by atoms with Crippen LogP contribution < -0.4 is 0 Å². The standard InChI is InChI=1S/C16H22ClNO3/c1-2-21-16(20)12-7-9-18(10-8-12)11-15(19)13-5-3-4-6-14(13)17/h3-6,12,15,19H,2,7-11H2,1H3. The SMILES string of the molecule is CCOC(=O)C1CCN(CC(O)c2ccccc2Cl)CC1. The highest BCUT2D eigenvalue weighted by Crippen LogP contribution is 2.25. The third-order valence-electron chi connectivity index (χ3n) is 3.90. The second-order valence-electron chi connectivity index (χ2n) is 5.36. The molecule has 0 aromatic heterocycles. The Morgan fingerprint density at radius 2 is 2.10 bits per heavy atom. The monoisotopic (exact) mass is 311 g/mol. The van der Waals surface area contributed by atoms with Gasteiger partial charge in [-0.1, -0.05) is 29.8 Å². The minimum absolute atomic E-state index is 0.00124. The van der Waals surface area contributed by atoms with Gasteiger partial charge in [0.25, 0.3) is 0 Å². The van der Waals surface area contributed by atoms with Crippen LogP contribution in [0.3, 0.4) is 0 Å². The number of piperidine rings is 1. The summed E-state index contributed by atoms with van der Waals surface area (Å²) in [5.74, 6) is -0.0949. The lowest BCUT2D eigenvalue weighted by atomic mass is 9.96. The van der Waals surface area contributed by atoms with Crippen molar-refractivity contribution in [1.82, 2.24) is 4.90 Å². The molecule has 0 radical (unpaired) electrons. The molecule has 0 spiro atoms. The highest BCUT2D eigenvalue weighted by Gasteiger charge is 2.27. The number of rotatable bonds is 5. The van der Waals surface area contributed by atoms with Gasteiger partial charge >= 0.3 is 5.97 Å². The summed E-state index contributed by atoms with van der Waals surface area (Å²) in [7, 11) is 0. The van der Waals surface area contributed by atoms with E-state index < -0.39 is 6.10 Å². The van der Waals surface area contributed by atoms with Crippen molar-refractivity contribution in [1.29, 1.82) is 0 Å². The zero-order chi connectivity index (χ0) is 15.2. The first-order valence-corrected chi connectivity index (χ1v) is 7.81. The molecule has 21 heavy (non-hydrogen) atoms. The molecular formula is C16H22ClNO3. The number of nitrogens with zero attached hydrogens (tertiary/aromatic N) is 1. The van der Waals surface area contributed by atoms with Gasteiger partial charge in [0, 0.05) is 17.1 Å². The predicted molar refractivity (Wildman–Crippen MR) is 82.2 cm³/mol. The highest BCUT2D eigenvalue weighted by atomic mass is 35.5. The summed E-state index contributed by atoms with van der Waals surface area (Å²) in [4.78, 5) is 13.9. The Morgan fingerprint density at radius 3 is 2.71 bits per heavy atom. The van der Waals surface area contributed by atoms with E-state index in [1.807, 2.05) is 25.1 Å². The Morgan fingerprint density at radius 1 is 1.43 bits per heavy atom. The van der Waals surface area contributed by atoms with Crippen LogP contribution >= 0.6 is 11.6 Å². The first-order valence-electron chi connectivity index (χ1n) is 7.43. The Labute approximate surface area is 130 Å². The Balaban J connectivity index is 1.83. The van der Waals surface area contributed by atoms with Gasteiger partial charge < -0.3 is 14.7 Å². The molecule has 0 aliphatic carbocycles. The Bertz CT molecular complexity index is 472. The molecule has 0 saturated carbocycles. The zero-order valence-electron chi connectivity index (χ0n) is 12.3. The van der Waals surface area contributed by atoms with Gasteiger partial charge in [0.2, 0.25) is 0 Å². The average Bonchev–Trinajstić information content (AvgIpc) is 2.48. The number of benzene rings is 1. The Kier molecular flexibility index (Phi) is 6.03. The second-order valence-corrected chi connectivity index (χ2v) is 5.77. The lowest BCUT2D eigenvalue weighted by Crippen LogP contribution is -2.39. The summed E-state index contributed by atoms with van der Waals surface area (Å²) in [6.07, 6.45) is 0.972. The van der Waals surface area contributed by atoms with Crippen LogP contribution in [0.15, 0.2) is 24.3 Å². The smallest absolute Gasteiger partial charge is 0.309 e. The molecule has 1 aliphatic heterocycles. The third-order valence-corrected chi connectivity index (χ3v) is 4.25. The van der Waals surface area contributed by atoms with Crippen LogP contribution in [-0.2, 0) is 9.53 Å². The molecule has 1 aliphatic rings. The summed E-state index contributed by atoms with van der Waals surface area (Å²) >= 11 is 6.10. The minimum atomic E-state index is -0.599. The van der Waals surface area contributed by atoms with Crippen LogP contribution in [0.4, 0.5) is 0 Å². The molecule has 1 atom stereocenters. The van der Waals surface area contributed by atoms with E-state index in [0.29, 0.717) is 18.2 Å².